The number of benzene rings is 4. The van der Waals surface area contributed by atoms with Crippen LogP contribution < -0.4 is 39.9 Å². The van der Waals surface area contributed by atoms with E-state index in [1.807, 2.05) is 0 Å². The minimum atomic E-state index is -1.72. The SMILES string of the molecule is CCCc1ccc(C2CCC(c3ccccc3[P+](C)(c3ccccc3)c3ccccc3)CC2)cc1.[I-]. The molecule has 1 aliphatic rings. The van der Waals surface area contributed by atoms with Gasteiger partial charge in [0.1, 0.15) is 23.2 Å². The number of rotatable bonds is 7. The second-order valence-electron chi connectivity index (χ2n) is 10.3. The zero-order valence-electron chi connectivity index (χ0n) is 21.6. The summed E-state index contributed by atoms with van der Waals surface area (Å²) in [6, 6.07) is 41.4. The second-order valence-corrected chi connectivity index (χ2v) is 13.8. The van der Waals surface area contributed by atoms with Crippen LogP contribution in [0.25, 0.3) is 0 Å². The standard InChI is InChI=1S/C34H38P.HI/c1-3-12-27-19-21-28(22-20-27)29-23-25-30(26-24-29)33-17-10-11-18-34(33)35(2,31-13-6-4-7-14-31)32-15-8-5-9-16-32;/h4-11,13-22,29-30H,3,12,23-26H2,1-2H3;1H/q+1;/p-1. The summed E-state index contributed by atoms with van der Waals surface area (Å²) >= 11 is 0. The average Bonchev–Trinajstić information content (AvgIpc) is 2.94. The Morgan fingerprint density at radius 1 is 0.611 bits per heavy atom. The van der Waals surface area contributed by atoms with Crippen LogP contribution in [0.4, 0.5) is 0 Å². The molecule has 0 bridgehead atoms. The Labute approximate surface area is 235 Å². The molecule has 0 amide bonds. The summed E-state index contributed by atoms with van der Waals surface area (Å²) in [6.07, 6.45) is 7.55. The summed E-state index contributed by atoms with van der Waals surface area (Å²) in [5.74, 6) is 1.35. The maximum atomic E-state index is 2.53. The van der Waals surface area contributed by atoms with Crippen LogP contribution in [0.5, 0.6) is 0 Å². The fourth-order valence-corrected chi connectivity index (χ4v) is 9.65. The molecule has 186 valence electrons. The Balaban J connectivity index is 0.00000304. The molecule has 0 aromatic heterocycles. The normalized spacial score (nSPS) is 17.8. The summed E-state index contributed by atoms with van der Waals surface area (Å²) in [6.45, 7) is 4.79. The van der Waals surface area contributed by atoms with Gasteiger partial charge in [0, 0.05) is 0 Å². The maximum absolute atomic E-state index is 2.53. The highest BCUT2D eigenvalue weighted by Gasteiger charge is 2.43. The molecule has 1 fully saturated rings. The molecule has 5 rings (SSSR count). The van der Waals surface area contributed by atoms with E-state index >= 15 is 0 Å². The third-order valence-corrected chi connectivity index (χ3v) is 12.2. The van der Waals surface area contributed by atoms with Gasteiger partial charge in [-0.3, -0.25) is 0 Å². The number of hydrogen-bond acceptors (Lipinski definition) is 0. The largest absolute Gasteiger partial charge is 1.00 e. The molecule has 0 aliphatic heterocycles. The molecule has 0 atom stereocenters. The summed E-state index contributed by atoms with van der Waals surface area (Å²) in [7, 11) is -1.72. The van der Waals surface area contributed by atoms with E-state index < -0.39 is 7.26 Å². The fraction of sp³-hybridized carbons (Fsp3) is 0.294. The van der Waals surface area contributed by atoms with Gasteiger partial charge in [0.05, 0.1) is 6.66 Å². The molecule has 1 saturated carbocycles. The van der Waals surface area contributed by atoms with E-state index in [1.54, 1.807) is 16.4 Å². The van der Waals surface area contributed by atoms with Crippen molar-refractivity contribution in [3.05, 3.63) is 126 Å². The molecule has 0 nitrogen and oxygen atoms in total. The van der Waals surface area contributed by atoms with Crippen LogP contribution in [0.15, 0.2) is 109 Å². The lowest BCUT2D eigenvalue weighted by Gasteiger charge is -2.32. The highest BCUT2D eigenvalue weighted by Crippen LogP contribution is 2.54. The average molecular weight is 605 g/mol. The Kier molecular flexibility index (Phi) is 9.42. The van der Waals surface area contributed by atoms with Crippen molar-refractivity contribution in [1.82, 2.24) is 0 Å². The maximum Gasteiger partial charge on any atom is 0.109 e. The van der Waals surface area contributed by atoms with Gasteiger partial charge in [-0.05, 0) is 91.0 Å². The summed E-state index contributed by atoms with van der Waals surface area (Å²) in [4.78, 5) is 0. The van der Waals surface area contributed by atoms with Gasteiger partial charge in [-0.2, -0.15) is 0 Å². The zero-order chi connectivity index (χ0) is 24.1. The van der Waals surface area contributed by atoms with Crippen molar-refractivity contribution in [2.45, 2.75) is 57.3 Å². The van der Waals surface area contributed by atoms with Gasteiger partial charge in [0.15, 0.2) is 0 Å². The Morgan fingerprint density at radius 2 is 1.11 bits per heavy atom. The molecule has 1 aliphatic carbocycles. The molecule has 0 radical (unpaired) electrons. The topological polar surface area (TPSA) is 0 Å². The van der Waals surface area contributed by atoms with Crippen LogP contribution in [-0.4, -0.2) is 6.66 Å². The lowest BCUT2D eigenvalue weighted by Crippen LogP contribution is -3.00. The molecule has 4 aromatic carbocycles. The first-order chi connectivity index (χ1) is 17.2. The van der Waals surface area contributed by atoms with Gasteiger partial charge in [0.2, 0.25) is 0 Å². The van der Waals surface area contributed by atoms with E-state index in [2.05, 4.69) is 123 Å². The van der Waals surface area contributed by atoms with Crippen molar-refractivity contribution >= 4 is 23.2 Å². The van der Waals surface area contributed by atoms with Crippen molar-refractivity contribution in [3.63, 3.8) is 0 Å². The van der Waals surface area contributed by atoms with E-state index in [1.165, 1.54) is 54.7 Å². The van der Waals surface area contributed by atoms with E-state index in [0.29, 0.717) is 11.8 Å². The van der Waals surface area contributed by atoms with Crippen LogP contribution in [0.3, 0.4) is 0 Å². The van der Waals surface area contributed by atoms with Crippen LogP contribution >= 0.6 is 7.26 Å². The molecular weight excluding hydrogens is 566 g/mol. The molecule has 36 heavy (non-hydrogen) atoms. The van der Waals surface area contributed by atoms with Crippen molar-refractivity contribution in [1.29, 1.82) is 0 Å². The number of aryl methyl sites for hydroxylation is 1. The summed E-state index contributed by atoms with van der Waals surface area (Å²) < 4.78 is 0. The minimum absolute atomic E-state index is 0. The third-order valence-electron chi connectivity index (χ3n) is 8.12. The second kappa shape index (κ2) is 12.5. The number of hydrogen-bond donors (Lipinski definition) is 0. The third kappa shape index (κ3) is 5.63. The van der Waals surface area contributed by atoms with Crippen LogP contribution in [0, 0.1) is 0 Å². The summed E-state index contributed by atoms with van der Waals surface area (Å²) in [5, 5.41) is 4.52. The fourth-order valence-electron chi connectivity index (χ4n) is 6.10. The van der Waals surface area contributed by atoms with Crippen molar-refractivity contribution in [2.75, 3.05) is 6.66 Å². The van der Waals surface area contributed by atoms with Gasteiger partial charge >= 0.3 is 0 Å². The predicted molar refractivity (Wildman–Crippen MR) is 155 cm³/mol. The quantitative estimate of drug-likeness (QED) is 0.206. The molecule has 0 saturated heterocycles. The van der Waals surface area contributed by atoms with E-state index in [-0.39, 0.29) is 24.0 Å². The molecule has 4 aromatic rings. The lowest BCUT2D eigenvalue weighted by molar-refractivity contribution is -0.00000699. The smallest absolute Gasteiger partial charge is 0.109 e. The van der Waals surface area contributed by atoms with Gasteiger partial charge in [-0.1, -0.05) is 92.2 Å². The van der Waals surface area contributed by atoms with Gasteiger partial charge < -0.3 is 24.0 Å². The highest BCUT2D eigenvalue weighted by molar-refractivity contribution is 7.95. The van der Waals surface area contributed by atoms with E-state index in [9.17, 15) is 0 Å². The molecule has 0 N–H and O–H groups in total. The van der Waals surface area contributed by atoms with Crippen LogP contribution in [-0.2, 0) is 6.42 Å². The first kappa shape index (κ1) is 27.1. The van der Waals surface area contributed by atoms with Crippen molar-refractivity contribution in [3.8, 4) is 0 Å². The van der Waals surface area contributed by atoms with Crippen LogP contribution in [0.2, 0.25) is 0 Å². The Morgan fingerprint density at radius 3 is 1.67 bits per heavy atom. The first-order valence-corrected chi connectivity index (χ1v) is 15.6. The van der Waals surface area contributed by atoms with E-state index in [4.69, 9.17) is 0 Å². The molecular formula is C34H38IP. The van der Waals surface area contributed by atoms with Gasteiger partial charge in [-0.25, -0.2) is 0 Å². The van der Waals surface area contributed by atoms with Crippen molar-refractivity contribution in [2.24, 2.45) is 0 Å². The molecule has 0 heterocycles. The molecule has 2 heteroatoms. The van der Waals surface area contributed by atoms with Gasteiger partial charge in [-0.15, -0.1) is 0 Å². The predicted octanol–water partition coefficient (Wildman–Crippen LogP) is 5.01. The van der Waals surface area contributed by atoms with Crippen LogP contribution in [0.1, 0.15) is 67.6 Å². The molecule has 0 spiro atoms. The first-order valence-electron chi connectivity index (χ1n) is 13.4. The summed E-state index contributed by atoms with van der Waals surface area (Å²) in [5.41, 5.74) is 4.61. The zero-order valence-corrected chi connectivity index (χ0v) is 24.7. The highest BCUT2D eigenvalue weighted by atomic mass is 127. The Bertz CT molecular complexity index is 1170. The lowest BCUT2D eigenvalue weighted by atomic mass is 9.76. The Hall–Kier alpha value is -1.96. The van der Waals surface area contributed by atoms with Gasteiger partial charge in [0.25, 0.3) is 0 Å². The van der Waals surface area contributed by atoms with Crippen molar-refractivity contribution < 1.29 is 24.0 Å². The molecule has 0 unspecified atom stereocenters. The monoisotopic (exact) mass is 604 g/mol. The number of halogens is 1. The minimum Gasteiger partial charge on any atom is -1.00 e. The van der Waals surface area contributed by atoms with E-state index in [0.717, 1.165) is 0 Å².